The van der Waals surface area contributed by atoms with E-state index >= 15 is 0 Å². The van der Waals surface area contributed by atoms with Gasteiger partial charge in [0, 0.05) is 34.0 Å². The second-order valence-electron chi connectivity index (χ2n) is 9.92. The third kappa shape index (κ3) is 3.20. The van der Waals surface area contributed by atoms with Crippen LogP contribution in [-0.2, 0) is 16.6 Å². The van der Waals surface area contributed by atoms with Crippen LogP contribution in [0.3, 0.4) is 0 Å². The highest BCUT2D eigenvalue weighted by Gasteiger charge is 2.56. The van der Waals surface area contributed by atoms with E-state index in [4.69, 9.17) is 9.97 Å². The lowest BCUT2D eigenvalue weighted by Crippen LogP contribution is -2.53. The van der Waals surface area contributed by atoms with Crippen molar-refractivity contribution in [1.29, 1.82) is 5.26 Å². The second kappa shape index (κ2) is 8.09. The summed E-state index contributed by atoms with van der Waals surface area (Å²) in [5, 5.41) is 11.0. The lowest BCUT2D eigenvalue weighted by molar-refractivity contribution is -0.131. The summed E-state index contributed by atoms with van der Waals surface area (Å²) in [7, 11) is 0. The second-order valence-corrected chi connectivity index (χ2v) is 9.92. The number of ketones is 1. The molecule has 172 valence electrons. The van der Waals surface area contributed by atoms with Crippen molar-refractivity contribution in [2.24, 2.45) is 17.8 Å². The number of nitrogens with zero attached hydrogens (tertiary/aromatic N) is 4. The summed E-state index contributed by atoms with van der Waals surface area (Å²) < 4.78 is 0. The summed E-state index contributed by atoms with van der Waals surface area (Å²) in [6.45, 7) is 3.94. The zero-order chi connectivity index (χ0) is 24.2. The fraction of sp³-hybridized carbons (Fsp3) is 0.300. The molecule has 1 fully saturated rings. The fourth-order valence-corrected chi connectivity index (χ4v) is 6.56. The number of hydrogen-bond acceptors (Lipinski definition) is 5. The maximum Gasteiger partial charge on any atom is 0.153 e. The molecule has 0 spiro atoms. The first-order valence-electron chi connectivity index (χ1n) is 12.2. The van der Waals surface area contributed by atoms with Crippen LogP contribution in [0.15, 0.2) is 66.9 Å². The van der Waals surface area contributed by atoms with Gasteiger partial charge in [-0.1, -0.05) is 49.4 Å². The van der Waals surface area contributed by atoms with Gasteiger partial charge < -0.3 is 0 Å². The third-order valence-electron chi connectivity index (χ3n) is 8.12. The highest BCUT2D eigenvalue weighted by atomic mass is 16.1. The molecule has 2 aromatic heterocycles. The Hall–Kier alpha value is -3.91. The van der Waals surface area contributed by atoms with E-state index in [1.54, 1.807) is 6.20 Å². The zero-order valence-corrected chi connectivity index (χ0v) is 19.9. The number of carbonyl (C=O) groups excluding carboxylic acids is 1. The van der Waals surface area contributed by atoms with E-state index in [0.29, 0.717) is 12.2 Å². The van der Waals surface area contributed by atoms with Crippen molar-refractivity contribution in [3.05, 3.63) is 89.5 Å². The van der Waals surface area contributed by atoms with Gasteiger partial charge in [0.05, 0.1) is 23.0 Å². The lowest BCUT2D eigenvalue weighted by atomic mass is 9.50. The van der Waals surface area contributed by atoms with E-state index in [-0.39, 0.29) is 17.6 Å². The average molecular weight is 459 g/mol. The number of carbonyl (C=O) groups is 1. The average Bonchev–Trinajstić information content (AvgIpc) is 2.90. The first-order chi connectivity index (χ1) is 17.0. The van der Waals surface area contributed by atoms with Gasteiger partial charge in [-0.3, -0.25) is 9.78 Å². The molecule has 0 amide bonds. The van der Waals surface area contributed by atoms with Gasteiger partial charge >= 0.3 is 0 Å². The van der Waals surface area contributed by atoms with Crippen LogP contribution in [0.4, 0.5) is 0 Å². The van der Waals surface area contributed by atoms with Crippen molar-refractivity contribution < 1.29 is 4.79 Å². The Morgan fingerprint density at radius 3 is 2.69 bits per heavy atom. The maximum absolute atomic E-state index is 13.1. The topological polar surface area (TPSA) is 79.5 Å². The Morgan fingerprint density at radius 2 is 1.89 bits per heavy atom. The molecular weight excluding hydrogens is 432 g/mol. The van der Waals surface area contributed by atoms with E-state index in [2.05, 4.69) is 41.4 Å². The molecule has 2 aliphatic carbocycles. The number of hydrogen-bond donors (Lipinski definition) is 0. The Kier molecular flexibility index (Phi) is 5.00. The van der Waals surface area contributed by atoms with E-state index in [1.807, 2.05) is 44.2 Å². The van der Waals surface area contributed by atoms with Crippen molar-refractivity contribution in [2.45, 2.75) is 38.5 Å². The first kappa shape index (κ1) is 21.6. The molecule has 0 N–H and O–H groups in total. The Morgan fingerprint density at radius 1 is 1.06 bits per heavy atom. The van der Waals surface area contributed by atoms with Gasteiger partial charge in [-0.2, -0.15) is 5.26 Å². The summed E-state index contributed by atoms with van der Waals surface area (Å²) in [4.78, 5) is 27.6. The summed E-state index contributed by atoms with van der Waals surface area (Å²) in [5.74, 6) is 0.0298. The fourth-order valence-electron chi connectivity index (χ4n) is 6.56. The number of nitriles is 1. The molecule has 0 aliphatic heterocycles. The number of Topliss-reactive ketones (excluding diaryl/α,β-unsaturated/α-hetero) is 1. The highest BCUT2D eigenvalue weighted by molar-refractivity contribution is 5.88. The Balaban J connectivity index is 1.63. The predicted octanol–water partition coefficient (Wildman–Crippen LogP) is 5.60. The standard InChI is InChI=1S/C30H26N4O/c1-18-25-12-11-24-27(21-10-13-26-20(15-21)7-6-14-32-26)33-19(2)34-29(24)30(25,16-22(17-31)28(18)35)23-8-4-3-5-9-23/h3-10,13-15,18,22,25H,11-12,16H2,1-2H3/t18-,22?,25-,30+/m0/s1. The van der Waals surface area contributed by atoms with Crippen LogP contribution in [-0.4, -0.2) is 20.7 Å². The number of benzene rings is 2. The van der Waals surface area contributed by atoms with E-state index in [1.165, 1.54) is 0 Å². The molecule has 1 unspecified atom stereocenters. The SMILES string of the molecule is Cc1nc(-c2ccc3ncccc3c2)c2c(n1)[C@@]1(c3ccccc3)CC(C#N)C(=O)[C@@H](C)[C@@H]1CC2. The highest BCUT2D eigenvalue weighted by Crippen LogP contribution is 2.56. The lowest BCUT2D eigenvalue weighted by Gasteiger charge is -2.51. The molecule has 2 aromatic carbocycles. The van der Waals surface area contributed by atoms with Crippen molar-refractivity contribution >= 4 is 16.7 Å². The largest absolute Gasteiger partial charge is 0.298 e. The molecule has 0 saturated heterocycles. The minimum Gasteiger partial charge on any atom is -0.298 e. The molecule has 2 heterocycles. The minimum absolute atomic E-state index is 0.0699. The first-order valence-corrected chi connectivity index (χ1v) is 12.2. The van der Waals surface area contributed by atoms with Crippen molar-refractivity contribution in [3.8, 4) is 17.3 Å². The predicted molar refractivity (Wildman–Crippen MR) is 134 cm³/mol. The van der Waals surface area contributed by atoms with Crippen LogP contribution in [0.25, 0.3) is 22.2 Å². The van der Waals surface area contributed by atoms with E-state index in [0.717, 1.165) is 51.8 Å². The monoisotopic (exact) mass is 458 g/mol. The van der Waals surface area contributed by atoms with Gasteiger partial charge in [-0.05, 0) is 55.9 Å². The molecule has 35 heavy (non-hydrogen) atoms. The van der Waals surface area contributed by atoms with Crippen LogP contribution in [0.5, 0.6) is 0 Å². The van der Waals surface area contributed by atoms with Gasteiger partial charge in [-0.25, -0.2) is 9.97 Å². The minimum atomic E-state index is -0.641. The molecule has 0 bridgehead atoms. The third-order valence-corrected chi connectivity index (χ3v) is 8.12. The molecule has 0 radical (unpaired) electrons. The zero-order valence-electron chi connectivity index (χ0n) is 19.9. The van der Waals surface area contributed by atoms with Crippen LogP contribution < -0.4 is 0 Å². The molecule has 6 rings (SSSR count). The number of aromatic nitrogens is 3. The van der Waals surface area contributed by atoms with Gasteiger partial charge in [0.25, 0.3) is 0 Å². The summed E-state index contributed by atoms with van der Waals surface area (Å²) in [6.07, 6.45) is 3.94. The van der Waals surface area contributed by atoms with Crippen LogP contribution in [0.2, 0.25) is 0 Å². The smallest absolute Gasteiger partial charge is 0.153 e. The normalized spacial score (nSPS) is 25.5. The van der Waals surface area contributed by atoms with Crippen LogP contribution in [0, 0.1) is 36.0 Å². The number of fused-ring (bicyclic) bond motifs is 4. The van der Waals surface area contributed by atoms with Crippen molar-refractivity contribution in [3.63, 3.8) is 0 Å². The van der Waals surface area contributed by atoms with Gasteiger partial charge in [0.1, 0.15) is 11.7 Å². The number of rotatable bonds is 2. The quantitative estimate of drug-likeness (QED) is 0.391. The van der Waals surface area contributed by atoms with Crippen LogP contribution in [0.1, 0.15) is 42.4 Å². The molecule has 5 nitrogen and oxygen atoms in total. The van der Waals surface area contributed by atoms with Gasteiger partial charge in [-0.15, -0.1) is 0 Å². The summed E-state index contributed by atoms with van der Waals surface area (Å²) >= 11 is 0. The molecule has 4 aromatic rings. The van der Waals surface area contributed by atoms with Crippen molar-refractivity contribution in [2.75, 3.05) is 0 Å². The molecular formula is C30H26N4O. The van der Waals surface area contributed by atoms with Crippen LogP contribution >= 0.6 is 0 Å². The molecule has 4 atom stereocenters. The maximum atomic E-state index is 13.1. The molecule has 5 heteroatoms. The van der Waals surface area contributed by atoms with Gasteiger partial charge in [0.2, 0.25) is 0 Å². The molecule has 1 saturated carbocycles. The Labute approximate surface area is 204 Å². The van der Waals surface area contributed by atoms with Gasteiger partial charge in [0.15, 0.2) is 5.78 Å². The molecule has 2 aliphatic rings. The number of aryl methyl sites for hydroxylation is 1. The number of pyridine rings is 1. The summed E-state index contributed by atoms with van der Waals surface area (Å²) in [5.41, 5.74) is 5.72. The Bertz CT molecular complexity index is 1510. The van der Waals surface area contributed by atoms with Crippen molar-refractivity contribution in [1.82, 2.24) is 15.0 Å². The van der Waals surface area contributed by atoms with E-state index < -0.39 is 11.3 Å². The summed E-state index contributed by atoms with van der Waals surface area (Å²) in [6, 6.07) is 23.0. The van der Waals surface area contributed by atoms with E-state index in [9.17, 15) is 10.1 Å².